The first-order valence-corrected chi connectivity index (χ1v) is 9.10. The highest BCUT2D eigenvalue weighted by Crippen LogP contribution is 2.22. The predicted octanol–water partition coefficient (Wildman–Crippen LogP) is 3.83. The van der Waals surface area contributed by atoms with E-state index in [1.165, 1.54) is 5.69 Å². The second-order valence-electron chi connectivity index (χ2n) is 6.57. The fraction of sp³-hybridized carbons (Fsp3) is 0.286. The highest BCUT2D eigenvalue weighted by atomic mass is 16.3. The van der Waals surface area contributed by atoms with Crippen molar-refractivity contribution in [3.05, 3.63) is 60.4 Å². The van der Waals surface area contributed by atoms with Crippen LogP contribution in [0.3, 0.4) is 0 Å². The number of para-hydroxylation sites is 1. The van der Waals surface area contributed by atoms with Gasteiger partial charge >= 0.3 is 0 Å². The van der Waals surface area contributed by atoms with E-state index in [1.54, 1.807) is 6.07 Å². The van der Waals surface area contributed by atoms with Gasteiger partial charge in [-0.1, -0.05) is 25.1 Å². The lowest BCUT2D eigenvalue weighted by Crippen LogP contribution is -2.46. The lowest BCUT2D eigenvalue weighted by molar-refractivity contribution is 0.0998. The van der Waals surface area contributed by atoms with Crippen LogP contribution in [0.1, 0.15) is 17.5 Å². The summed E-state index contributed by atoms with van der Waals surface area (Å²) in [6.45, 7) is 7.59. The molecule has 1 aliphatic rings. The summed E-state index contributed by atoms with van der Waals surface area (Å²) in [4.78, 5) is 17.3. The van der Waals surface area contributed by atoms with Crippen LogP contribution >= 0.6 is 0 Å². The number of hydrogen-bond donors (Lipinski definition) is 1. The summed E-state index contributed by atoms with van der Waals surface area (Å²) in [6.07, 6.45) is 0. The minimum absolute atomic E-state index is 0.231. The highest BCUT2D eigenvalue weighted by molar-refractivity contribution is 6.04. The van der Waals surface area contributed by atoms with Crippen molar-refractivity contribution in [3.8, 4) is 0 Å². The summed E-state index contributed by atoms with van der Waals surface area (Å²) in [5.41, 5.74) is 2.69. The first kappa shape index (κ1) is 16.7. The number of carbonyl (C=O) groups excluding carboxylic acids is 1. The number of hydrogen-bond acceptors (Lipinski definition) is 4. The van der Waals surface area contributed by atoms with Crippen LogP contribution in [0.2, 0.25) is 0 Å². The molecule has 1 N–H and O–H groups in total. The molecule has 0 saturated carbocycles. The Bertz CT molecular complexity index is 860. The molecule has 1 aliphatic heterocycles. The van der Waals surface area contributed by atoms with Gasteiger partial charge in [0.1, 0.15) is 5.58 Å². The van der Waals surface area contributed by atoms with E-state index < -0.39 is 0 Å². The molecular weight excluding hydrogens is 326 g/mol. The Kier molecular flexibility index (Phi) is 4.63. The fourth-order valence-electron chi connectivity index (χ4n) is 3.36. The number of benzene rings is 2. The number of amides is 1. The molecule has 1 saturated heterocycles. The SMILES string of the molecule is CCN1CCN(c2ccc(NC(=O)c3cc4ccccc4o3)cc2)CC1. The maximum absolute atomic E-state index is 12.4. The molecule has 1 fully saturated rings. The Morgan fingerprint density at radius 1 is 1.04 bits per heavy atom. The van der Waals surface area contributed by atoms with E-state index in [0.717, 1.165) is 49.4 Å². The van der Waals surface area contributed by atoms with E-state index in [0.29, 0.717) is 5.76 Å². The molecule has 1 amide bonds. The second kappa shape index (κ2) is 7.22. The summed E-state index contributed by atoms with van der Waals surface area (Å²) in [5.74, 6) is 0.0940. The summed E-state index contributed by atoms with van der Waals surface area (Å²) in [5, 5.41) is 3.84. The van der Waals surface area contributed by atoms with Crippen molar-refractivity contribution >= 4 is 28.3 Å². The Morgan fingerprint density at radius 3 is 2.46 bits per heavy atom. The Morgan fingerprint density at radius 2 is 1.77 bits per heavy atom. The zero-order valence-corrected chi connectivity index (χ0v) is 14.9. The molecule has 2 aromatic carbocycles. The maximum Gasteiger partial charge on any atom is 0.291 e. The molecule has 4 rings (SSSR count). The molecule has 0 spiro atoms. The molecule has 1 aromatic heterocycles. The number of piperazine rings is 1. The minimum Gasteiger partial charge on any atom is -0.451 e. The molecule has 0 radical (unpaired) electrons. The quantitative estimate of drug-likeness (QED) is 0.778. The zero-order valence-electron chi connectivity index (χ0n) is 14.9. The molecule has 0 bridgehead atoms. The number of nitrogens with zero attached hydrogens (tertiary/aromatic N) is 2. The number of anilines is 2. The third kappa shape index (κ3) is 3.44. The van der Waals surface area contributed by atoms with Crippen LogP contribution in [0.25, 0.3) is 11.0 Å². The second-order valence-corrected chi connectivity index (χ2v) is 6.57. The van der Waals surface area contributed by atoms with Crippen LogP contribution in [0.5, 0.6) is 0 Å². The van der Waals surface area contributed by atoms with Crippen LogP contribution in [0.15, 0.2) is 59.0 Å². The maximum atomic E-state index is 12.4. The van der Waals surface area contributed by atoms with Crippen molar-refractivity contribution in [1.82, 2.24) is 4.90 Å². The lowest BCUT2D eigenvalue weighted by Gasteiger charge is -2.35. The average Bonchev–Trinajstić information content (AvgIpc) is 3.13. The van der Waals surface area contributed by atoms with Crippen molar-refractivity contribution in [2.24, 2.45) is 0 Å². The zero-order chi connectivity index (χ0) is 17.9. The predicted molar refractivity (Wildman–Crippen MR) is 105 cm³/mol. The molecule has 3 aromatic rings. The number of rotatable bonds is 4. The van der Waals surface area contributed by atoms with Crippen LogP contribution in [-0.4, -0.2) is 43.5 Å². The highest BCUT2D eigenvalue weighted by Gasteiger charge is 2.16. The van der Waals surface area contributed by atoms with E-state index in [2.05, 4.69) is 34.2 Å². The third-order valence-corrected chi connectivity index (χ3v) is 4.96. The van der Waals surface area contributed by atoms with Gasteiger partial charge in [-0.3, -0.25) is 4.79 Å². The number of carbonyl (C=O) groups is 1. The van der Waals surface area contributed by atoms with Gasteiger partial charge in [-0.15, -0.1) is 0 Å². The van der Waals surface area contributed by atoms with Crippen molar-refractivity contribution in [2.75, 3.05) is 42.9 Å². The smallest absolute Gasteiger partial charge is 0.291 e. The molecular formula is C21H23N3O2. The normalized spacial score (nSPS) is 15.3. The van der Waals surface area contributed by atoms with Gasteiger partial charge in [0, 0.05) is 42.9 Å². The van der Waals surface area contributed by atoms with E-state index in [4.69, 9.17) is 4.42 Å². The van der Waals surface area contributed by atoms with Gasteiger partial charge in [-0.2, -0.15) is 0 Å². The van der Waals surface area contributed by atoms with Gasteiger partial charge in [0.2, 0.25) is 0 Å². The molecule has 134 valence electrons. The lowest BCUT2D eigenvalue weighted by atomic mass is 10.2. The summed E-state index contributed by atoms with van der Waals surface area (Å²) >= 11 is 0. The van der Waals surface area contributed by atoms with E-state index in [-0.39, 0.29) is 5.91 Å². The molecule has 2 heterocycles. The van der Waals surface area contributed by atoms with E-state index >= 15 is 0 Å². The number of fused-ring (bicyclic) bond motifs is 1. The molecule has 5 nitrogen and oxygen atoms in total. The summed E-state index contributed by atoms with van der Waals surface area (Å²) in [6, 6.07) is 17.4. The molecule has 26 heavy (non-hydrogen) atoms. The van der Waals surface area contributed by atoms with Gasteiger partial charge in [-0.05, 0) is 42.9 Å². The van der Waals surface area contributed by atoms with Gasteiger partial charge < -0.3 is 19.5 Å². The minimum atomic E-state index is -0.231. The van der Waals surface area contributed by atoms with Gasteiger partial charge in [-0.25, -0.2) is 0 Å². The third-order valence-electron chi connectivity index (χ3n) is 4.96. The van der Waals surface area contributed by atoms with Gasteiger partial charge in [0.25, 0.3) is 5.91 Å². The van der Waals surface area contributed by atoms with E-state index in [1.807, 2.05) is 36.4 Å². The summed E-state index contributed by atoms with van der Waals surface area (Å²) in [7, 11) is 0. The molecule has 0 atom stereocenters. The number of nitrogens with one attached hydrogen (secondary N) is 1. The van der Waals surface area contributed by atoms with Crippen LogP contribution in [0, 0.1) is 0 Å². The Balaban J connectivity index is 1.41. The number of likely N-dealkylation sites (N-methyl/N-ethyl adjacent to an activating group) is 1. The monoisotopic (exact) mass is 349 g/mol. The van der Waals surface area contributed by atoms with Gasteiger partial charge in [0.15, 0.2) is 5.76 Å². The summed E-state index contributed by atoms with van der Waals surface area (Å²) < 4.78 is 5.62. The Labute approximate surface area is 153 Å². The Hall–Kier alpha value is -2.79. The van der Waals surface area contributed by atoms with Crippen molar-refractivity contribution < 1.29 is 9.21 Å². The first-order valence-electron chi connectivity index (χ1n) is 9.10. The van der Waals surface area contributed by atoms with Crippen LogP contribution < -0.4 is 10.2 Å². The van der Waals surface area contributed by atoms with Crippen LogP contribution in [-0.2, 0) is 0 Å². The van der Waals surface area contributed by atoms with Crippen molar-refractivity contribution in [3.63, 3.8) is 0 Å². The average molecular weight is 349 g/mol. The number of furan rings is 1. The molecule has 0 unspecified atom stereocenters. The van der Waals surface area contributed by atoms with Crippen molar-refractivity contribution in [1.29, 1.82) is 0 Å². The fourth-order valence-corrected chi connectivity index (χ4v) is 3.36. The first-order chi connectivity index (χ1) is 12.7. The largest absolute Gasteiger partial charge is 0.451 e. The topological polar surface area (TPSA) is 48.7 Å². The van der Waals surface area contributed by atoms with Crippen LogP contribution in [0.4, 0.5) is 11.4 Å². The van der Waals surface area contributed by atoms with Gasteiger partial charge in [0.05, 0.1) is 0 Å². The van der Waals surface area contributed by atoms with Crippen molar-refractivity contribution in [2.45, 2.75) is 6.92 Å². The molecule has 5 heteroatoms. The van der Waals surface area contributed by atoms with E-state index in [9.17, 15) is 4.79 Å². The molecule has 0 aliphatic carbocycles. The standard InChI is InChI=1S/C21H23N3O2/c1-2-23-11-13-24(14-12-23)18-9-7-17(8-10-18)22-21(25)20-15-16-5-3-4-6-19(16)26-20/h3-10,15H,2,11-14H2,1H3,(H,22,25).